The first-order chi connectivity index (χ1) is 16.4. The van der Waals surface area contributed by atoms with Gasteiger partial charge in [0.2, 0.25) is 0 Å². The Morgan fingerprint density at radius 3 is 2.76 bits per heavy atom. The number of piperidine rings is 1. The Labute approximate surface area is 210 Å². The van der Waals surface area contributed by atoms with E-state index in [0.29, 0.717) is 16.0 Å². The van der Waals surface area contributed by atoms with E-state index in [1.807, 2.05) is 29.9 Å². The number of nitrogens with zero attached hydrogens (tertiary/aromatic N) is 6. The van der Waals surface area contributed by atoms with Crippen molar-refractivity contribution < 1.29 is 5.11 Å². The number of rotatable bonds is 7. The Morgan fingerprint density at radius 2 is 2.00 bits per heavy atom. The lowest BCUT2D eigenvalue weighted by atomic mass is 9.80. The highest BCUT2D eigenvalue weighted by molar-refractivity contribution is 6.35. The van der Waals surface area contributed by atoms with Gasteiger partial charge in [0.05, 0.1) is 17.9 Å². The molecular formula is C25H32Cl2N6O. The van der Waals surface area contributed by atoms with E-state index in [-0.39, 0.29) is 12.6 Å². The summed E-state index contributed by atoms with van der Waals surface area (Å²) in [5.74, 6) is 2.32. The molecule has 2 aromatic heterocycles. The van der Waals surface area contributed by atoms with Gasteiger partial charge in [0, 0.05) is 42.8 Å². The Balaban J connectivity index is 1.32. The predicted octanol–water partition coefficient (Wildman–Crippen LogP) is 4.58. The van der Waals surface area contributed by atoms with Crippen LogP contribution in [0.1, 0.15) is 43.5 Å². The second-order valence-electron chi connectivity index (χ2n) is 9.72. The zero-order chi connectivity index (χ0) is 23.8. The highest BCUT2D eigenvalue weighted by Gasteiger charge is 2.36. The summed E-state index contributed by atoms with van der Waals surface area (Å²) in [5.41, 5.74) is 3.42. The predicted molar refractivity (Wildman–Crippen MR) is 137 cm³/mol. The molecule has 2 atom stereocenters. The van der Waals surface area contributed by atoms with Crippen molar-refractivity contribution in [3.8, 4) is 0 Å². The molecule has 1 aromatic carbocycles. The number of halogens is 2. The van der Waals surface area contributed by atoms with Crippen molar-refractivity contribution in [1.29, 1.82) is 0 Å². The highest BCUT2D eigenvalue weighted by Crippen LogP contribution is 2.35. The molecule has 0 radical (unpaired) electrons. The molecule has 0 saturated carbocycles. The van der Waals surface area contributed by atoms with Crippen LogP contribution >= 0.6 is 23.2 Å². The van der Waals surface area contributed by atoms with Crippen molar-refractivity contribution in [2.24, 2.45) is 11.8 Å². The SMILES string of the molecule is Cc1nn([C@H](C)c2ccc(Cl)cc2Cl)c2nc(N3CC([C@H]4CCCN(CCCO)C4)C3)cnc12. The maximum Gasteiger partial charge on any atom is 0.179 e. The van der Waals surface area contributed by atoms with Gasteiger partial charge in [-0.1, -0.05) is 29.3 Å². The summed E-state index contributed by atoms with van der Waals surface area (Å²) in [6.45, 7) is 9.66. The third-order valence-corrected chi connectivity index (χ3v) is 7.98. The fourth-order valence-electron chi connectivity index (χ4n) is 5.41. The van der Waals surface area contributed by atoms with Crippen LogP contribution in [0.3, 0.4) is 0 Å². The molecule has 2 fully saturated rings. The van der Waals surface area contributed by atoms with Gasteiger partial charge in [-0.2, -0.15) is 5.10 Å². The number of likely N-dealkylation sites (tertiary alicyclic amines) is 1. The molecule has 0 unspecified atom stereocenters. The van der Waals surface area contributed by atoms with Crippen LogP contribution in [0.25, 0.3) is 11.2 Å². The molecule has 9 heteroatoms. The Kier molecular flexibility index (Phi) is 6.98. The largest absolute Gasteiger partial charge is 0.396 e. The molecule has 0 spiro atoms. The molecule has 2 saturated heterocycles. The standard InChI is InChI=1S/C25H32Cl2N6O/c1-16-24-25(33(30-16)17(2)21-7-6-20(26)11-22(21)27)29-23(12-28-24)32-14-19(15-32)18-5-3-8-31(13-18)9-4-10-34/h6-7,11-12,17-19,34H,3-5,8-10,13-15H2,1-2H3/t17-,18+/m1/s1. The normalized spacial score (nSPS) is 20.6. The molecule has 2 aliphatic rings. The van der Waals surface area contributed by atoms with E-state index >= 15 is 0 Å². The van der Waals surface area contributed by atoms with Gasteiger partial charge in [-0.05, 0) is 69.2 Å². The van der Waals surface area contributed by atoms with Gasteiger partial charge in [-0.25, -0.2) is 14.6 Å². The molecule has 0 bridgehead atoms. The number of aryl methyl sites for hydroxylation is 1. The van der Waals surface area contributed by atoms with E-state index in [2.05, 4.69) is 16.7 Å². The molecule has 2 aliphatic heterocycles. The minimum absolute atomic E-state index is 0.0956. The van der Waals surface area contributed by atoms with Crippen molar-refractivity contribution in [3.05, 3.63) is 45.7 Å². The summed E-state index contributed by atoms with van der Waals surface area (Å²) in [6.07, 6.45) is 5.30. The lowest BCUT2D eigenvalue weighted by Crippen LogP contribution is -2.54. The molecule has 182 valence electrons. The van der Waals surface area contributed by atoms with Crippen LogP contribution in [0, 0.1) is 18.8 Å². The maximum absolute atomic E-state index is 9.15. The van der Waals surface area contributed by atoms with Crippen molar-refractivity contribution in [3.63, 3.8) is 0 Å². The van der Waals surface area contributed by atoms with Gasteiger partial charge in [-0.15, -0.1) is 0 Å². The summed E-state index contributed by atoms with van der Waals surface area (Å²) in [6, 6.07) is 5.47. The van der Waals surface area contributed by atoms with Crippen LogP contribution in [-0.4, -0.2) is 69.1 Å². The first-order valence-corrected chi connectivity index (χ1v) is 12.9. The number of hydrogen-bond acceptors (Lipinski definition) is 6. The van der Waals surface area contributed by atoms with E-state index in [1.54, 1.807) is 6.07 Å². The van der Waals surface area contributed by atoms with Crippen LogP contribution in [-0.2, 0) is 0 Å². The van der Waals surface area contributed by atoms with Gasteiger partial charge in [0.15, 0.2) is 5.65 Å². The van der Waals surface area contributed by atoms with Crippen molar-refractivity contribution in [2.75, 3.05) is 44.2 Å². The van der Waals surface area contributed by atoms with Crippen molar-refractivity contribution >= 4 is 40.2 Å². The monoisotopic (exact) mass is 502 g/mol. The average molecular weight is 503 g/mol. The van der Waals surface area contributed by atoms with E-state index in [4.69, 9.17) is 43.4 Å². The number of anilines is 1. The minimum atomic E-state index is -0.0956. The first kappa shape index (κ1) is 23.8. The Bertz CT molecular complexity index is 1160. The summed E-state index contributed by atoms with van der Waals surface area (Å²) >= 11 is 12.6. The lowest BCUT2D eigenvalue weighted by Gasteiger charge is -2.47. The van der Waals surface area contributed by atoms with Crippen LogP contribution in [0.2, 0.25) is 10.0 Å². The van der Waals surface area contributed by atoms with Crippen molar-refractivity contribution in [2.45, 2.75) is 39.2 Å². The maximum atomic E-state index is 9.15. The Morgan fingerprint density at radius 1 is 1.18 bits per heavy atom. The molecular weight excluding hydrogens is 471 g/mol. The number of benzene rings is 1. The minimum Gasteiger partial charge on any atom is -0.396 e. The second-order valence-corrected chi connectivity index (χ2v) is 10.6. The zero-order valence-electron chi connectivity index (χ0n) is 19.8. The Hall–Kier alpha value is -1.93. The smallest absolute Gasteiger partial charge is 0.179 e. The van der Waals surface area contributed by atoms with Crippen LogP contribution in [0.15, 0.2) is 24.4 Å². The topological polar surface area (TPSA) is 70.3 Å². The van der Waals surface area contributed by atoms with E-state index in [1.165, 1.54) is 12.8 Å². The van der Waals surface area contributed by atoms with Gasteiger partial charge in [0.1, 0.15) is 11.3 Å². The number of aliphatic hydroxyl groups is 1. The molecule has 0 aliphatic carbocycles. The fraction of sp³-hybridized carbons (Fsp3) is 0.560. The molecule has 5 rings (SSSR count). The molecule has 7 nitrogen and oxygen atoms in total. The van der Waals surface area contributed by atoms with Crippen LogP contribution in [0.5, 0.6) is 0 Å². The van der Waals surface area contributed by atoms with Crippen LogP contribution in [0.4, 0.5) is 5.82 Å². The fourth-order valence-corrected chi connectivity index (χ4v) is 5.97. The van der Waals surface area contributed by atoms with Gasteiger partial charge < -0.3 is 14.9 Å². The summed E-state index contributed by atoms with van der Waals surface area (Å²) in [5, 5.41) is 15.1. The van der Waals surface area contributed by atoms with Crippen molar-refractivity contribution in [1.82, 2.24) is 24.6 Å². The highest BCUT2D eigenvalue weighted by atomic mass is 35.5. The second kappa shape index (κ2) is 9.97. The number of fused-ring (bicyclic) bond motifs is 1. The molecule has 34 heavy (non-hydrogen) atoms. The zero-order valence-corrected chi connectivity index (χ0v) is 21.3. The van der Waals surface area contributed by atoms with Crippen LogP contribution < -0.4 is 4.90 Å². The summed E-state index contributed by atoms with van der Waals surface area (Å²) < 4.78 is 1.92. The first-order valence-electron chi connectivity index (χ1n) is 12.2. The van der Waals surface area contributed by atoms with E-state index in [9.17, 15) is 0 Å². The van der Waals surface area contributed by atoms with E-state index in [0.717, 1.165) is 73.3 Å². The summed E-state index contributed by atoms with van der Waals surface area (Å²) in [7, 11) is 0. The molecule has 1 N–H and O–H groups in total. The van der Waals surface area contributed by atoms with Gasteiger partial charge in [0.25, 0.3) is 0 Å². The van der Waals surface area contributed by atoms with Gasteiger partial charge in [-0.3, -0.25) is 0 Å². The summed E-state index contributed by atoms with van der Waals surface area (Å²) in [4.78, 5) is 14.6. The van der Waals surface area contributed by atoms with Gasteiger partial charge >= 0.3 is 0 Å². The number of aliphatic hydroxyl groups excluding tert-OH is 1. The number of hydrogen-bond donors (Lipinski definition) is 1. The third kappa shape index (κ3) is 4.63. The lowest BCUT2D eigenvalue weighted by molar-refractivity contribution is 0.112. The molecule has 3 aromatic rings. The third-order valence-electron chi connectivity index (χ3n) is 7.41. The number of aromatic nitrogens is 4. The quantitative estimate of drug-likeness (QED) is 0.509. The molecule has 4 heterocycles. The molecule has 0 amide bonds. The van der Waals surface area contributed by atoms with E-state index < -0.39 is 0 Å². The average Bonchev–Trinajstić information content (AvgIpc) is 3.12.